The lowest BCUT2D eigenvalue weighted by Crippen LogP contribution is -2.37. The van der Waals surface area contributed by atoms with Crippen LogP contribution in [0.5, 0.6) is 0 Å². The zero-order chi connectivity index (χ0) is 20.1. The Bertz CT molecular complexity index is 906. The summed E-state index contributed by atoms with van der Waals surface area (Å²) in [5, 5.41) is 3.03. The molecule has 0 fully saturated rings. The number of fused-ring (bicyclic) bond motifs is 1. The molecule has 0 aliphatic rings. The number of hydrogen-bond acceptors (Lipinski definition) is 4. The van der Waals surface area contributed by atoms with Gasteiger partial charge in [0.15, 0.2) is 11.2 Å². The molecule has 8 nitrogen and oxygen atoms in total. The fourth-order valence-corrected chi connectivity index (χ4v) is 3.23. The minimum absolute atomic E-state index is 0.0248. The highest BCUT2D eigenvalue weighted by molar-refractivity contribution is 5.76. The van der Waals surface area contributed by atoms with Crippen LogP contribution in [0.3, 0.4) is 0 Å². The van der Waals surface area contributed by atoms with Gasteiger partial charge in [-0.05, 0) is 25.7 Å². The number of imidazole rings is 1. The summed E-state index contributed by atoms with van der Waals surface area (Å²) in [5.41, 5.74) is -0.00852. The fourth-order valence-electron chi connectivity index (χ4n) is 3.23. The van der Waals surface area contributed by atoms with Crippen molar-refractivity contribution in [2.75, 3.05) is 0 Å². The Morgan fingerprint density at radius 2 is 1.81 bits per heavy atom. The van der Waals surface area contributed by atoms with Gasteiger partial charge in [0.2, 0.25) is 5.91 Å². The summed E-state index contributed by atoms with van der Waals surface area (Å²) in [6.07, 6.45) is 5.81. The van der Waals surface area contributed by atoms with Crippen LogP contribution in [0.2, 0.25) is 0 Å². The molecule has 0 aliphatic carbocycles. The molecule has 0 aliphatic heterocycles. The molecule has 2 rings (SSSR count). The van der Waals surface area contributed by atoms with Crippen molar-refractivity contribution in [3.05, 3.63) is 27.2 Å². The van der Waals surface area contributed by atoms with E-state index in [0.717, 1.165) is 17.4 Å². The second-order valence-corrected chi connectivity index (χ2v) is 7.71. The number of rotatable bonds is 9. The van der Waals surface area contributed by atoms with E-state index in [1.807, 2.05) is 6.92 Å². The van der Waals surface area contributed by atoms with Crippen LogP contribution in [0.25, 0.3) is 11.2 Å². The van der Waals surface area contributed by atoms with Crippen LogP contribution in [0, 0.1) is 5.92 Å². The van der Waals surface area contributed by atoms with Crippen LogP contribution >= 0.6 is 0 Å². The van der Waals surface area contributed by atoms with Crippen molar-refractivity contribution in [2.45, 2.75) is 65.5 Å². The maximum atomic E-state index is 12.4. The standard InChI is InChI=1S/C19H31N5O3/c1-13(2)8-6-9-14(3)21-15(25)10-7-11-24-12-20-17-16(24)18(26)23(5)19(27)22(17)4/h12-14H,6-11H2,1-5H3,(H,21,25). The smallest absolute Gasteiger partial charge is 0.332 e. The third-order valence-corrected chi connectivity index (χ3v) is 4.85. The van der Waals surface area contributed by atoms with Gasteiger partial charge in [0.25, 0.3) is 5.56 Å². The first-order valence-electron chi connectivity index (χ1n) is 9.62. The maximum absolute atomic E-state index is 12.4. The molecule has 27 heavy (non-hydrogen) atoms. The Balaban J connectivity index is 1.91. The Kier molecular flexibility index (Phi) is 6.98. The lowest BCUT2D eigenvalue weighted by Gasteiger charge is -2.14. The number of aromatic nitrogens is 4. The number of nitrogens with zero attached hydrogens (tertiary/aromatic N) is 4. The van der Waals surface area contributed by atoms with E-state index in [2.05, 4.69) is 24.1 Å². The van der Waals surface area contributed by atoms with Gasteiger partial charge in [-0.1, -0.05) is 26.7 Å². The Labute approximate surface area is 159 Å². The molecule has 1 unspecified atom stereocenters. The van der Waals surface area contributed by atoms with Gasteiger partial charge in [0, 0.05) is 33.1 Å². The number of carbonyl (C=O) groups excluding carboxylic acids is 1. The molecule has 8 heteroatoms. The summed E-state index contributed by atoms with van der Waals surface area (Å²) in [4.78, 5) is 40.6. The molecule has 0 saturated heterocycles. The molecule has 2 heterocycles. The van der Waals surface area contributed by atoms with Crippen LogP contribution < -0.4 is 16.6 Å². The van der Waals surface area contributed by atoms with Crippen molar-refractivity contribution in [1.29, 1.82) is 0 Å². The van der Waals surface area contributed by atoms with Gasteiger partial charge >= 0.3 is 5.69 Å². The van der Waals surface area contributed by atoms with Crippen molar-refractivity contribution in [1.82, 2.24) is 24.0 Å². The second kappa shape index (κ2) is 9.01. The van der Waals surface area contributed by atoms with Crippen molar-refractivity contribution in [3.63, 3.8) is 0 Å². The zero-order valence-corrected chi connectivity index (χ0v) is 17.0. The van der Waals surface area contributed by atoms with E-state index >= 15 is 0 Å². The molecule has 0 bridgehead atoms. The highest BCUT2D eigenvalue weighted by atomic mass is 16.2. The molecule has 2 aromatic rings. The van der Waals surface area contributed by atoms with Crippen molar-refractivity contribution in [2.24, 2.45) is 20.0 Å². The molecule has 0 radical (unpaired) electrons. The first-order valence-corrected chi connectivity index (χ1v) is 9.62. The Morgan fingerprint density at radius 3 is 2.48 bits per heavy atom. The van der Waals surface area contributed by atoms with E-state index < -0.39 is 5.69 Å². The van der Waals surface area contributed by atoms with Crippen LogP contribution in [0.1, 0.15) is 52.9 Å². The van der Waals surface area contributed by atoms with Gasteiger partial charge in [0.05, 0.1) is 6.33 Å². The summed E-state index contributed by atoms with van der Waals surface area (Å²) in [5.74, 6) is 0.710. The molecule has 0 spiro atoms. The van der Waals surface area contributed by atoms with Crippen molar-refractivity contribution >= 4 is 17.1 Å². The third kappa shape index (κ3) is 5.08. The molecule has 150 valence electrons. The molecule has 2 aromatic heterocycles. The molecule has 0 saturated carbocycles. The van der Waals surface area contributed by atoms with Crippen LogP contribution in [0.15, 0.2) is 15.9 Å². The molecule has 1 atom stereocenters. The summed E-state index contributed by atoms with van der Waals surface area (Å²) in [6.45, 7) is 6.94. The quantitative estimate of drug-likeness (QED) is 0.718. The lowest BCUT2D eigenvalue weighted by molar-refractivity contribution is -0.121. The van der Waals surface area contributed by atoms with E-state index in [0.29, 0.717) is 36.5 Å². The van der Waals surface area contributed by atoms with Gasteiger partial charge in [0.1, 0.15) is 0 Å². The molecule has 1 N–H and O–H groups in total. The second-order valence-electron chi connectivity index (χ2n) is 7.71. The highest BCUT2D eigenvalue weighted by Crippen LogP contribution is 2.09. The average molecular weight is 377 g/mol. The normalized spacial score (nSPS) is 12.7. The summed E-state index contributed by atoms with van der Waals surface area (Å²) in [6, 6.07) is 0.173. The van der Waals surface area contributed by atoms with E-state index in [1.54, 1.807) is 17.9 Å². The third-order valence-electron chi connectivity index (χ3n) is 4.85. The topological polar surface area (TPSA) is 90.9 Å². The minimum atomic E-state index is -0.399. The Morgan fingerprint density at radius 1 is 1.11 bits per heavy atom. The number of nitrogens with one attached hydrogen (secondary N) is 1. The fraction of sp³-hybridized carbons (Fsp3) is 0.684. The van der Waals surface area contributed by atoms with Crippen molar-refractivity contribution < 1.29 is 4.79 Å². The summed E-state index contributed by atoms with van der Waals surface area (Å²) in [7, 11) is 3.05. The number of amides is 1. The molecule has 1 amide bonds. The average Bonchev–Trinajstić information content (AvgIpc) is 3.01. The van der Waals surface area contributed by atoms with Crippen LogP contribution in [-0.4, -0.2) is 30.6 Å². The number of hydrogen-bond donors (Lipinski definition) is 1. The summed E-state index contributed by atoms with van der Waals surface area (Å²) < 4.78 is 4.15. The van der Waals surface area contributed by atoms with Crippen LogP contribution in [0.4, 0.5) is 0 Å². The zero-order valence-electron chi connectivity index (χ0n) is 17.0. The molecular weight excluding hydrogens is 346 g/mol. The monoisotopic (exact) mass is 377 g/mol. The molecular formula is C19H31N5O3. The van der Waals surface area contributed by atoms with E-state index in [4.69, 9.17) is 0 Å². The van der Waals surface area contributed by atoms with E-state index in [1.165, 1.54) is 18.0 Å². The van der Waals surface area contributed by atoms with Gasteiger partial charge in [-0.15, -0.1) is 0 Å². The van der Waals surface area contributed by atoms with Crippen molar-refractivity contribution in [3.8, 4) is 0 Å². The van der Waals surface area contributed by atoms with Gasteiger partial charge in [-0.25, -0.2) is 9.78 Å². The SMILES string of the molecule is CC(C)CCCC(C)NC(=O)CCCn1cnc2c1c(=O)n(C)c(=O)n2C. The Hall–Kier alpha value is -2.38. The molecule has 0 aromatic carbocycles. The van der Waals surface area contributed by atoms with E-state index in [9.17, 15) is 14.4 Å². The lowest BCUT2D eigenvalue weighted by atomic mass is 10.0. The first kappa shape index (κ1) is 20.9. The largest absolute Gasteiger partial charge is 0.354 e. The first-order chi connectivity index (χ1) is 12.7. The van der Waals surface area contributed by atoms with Gasteiger partial charge in [-0.3, -0.25) is 18.7 Å². The minimum Gasteiger partial charge on any atom is -0.354 e. The number of carbonyl (C=O) groups is 1. The summed E-state index contributed by atoms with van der Waals surface area (Å²) >= 11 is 0. The van der Waals surface area contributed by atoms with Crippen LogP contribution in [-0.2, 0) is 25.4 Å². The predicted octanol–water partition coefficient (Wildman–Crippen LogP) is 1.54. The maximum Gasteiger partial charge on any atom is 0.332 e. The van der Waals surface area contributed by atoms with E-state index in [-0.39, 0.29) is 17.5 Å². The highest BCUT2D eigenvalue weighted by Gasteiger charge is 2.14. The van der Waals surface area contributed by atoms with Gasteiger partial charge in [-0.2, -0.15) is 0 Å². The predicted molar refractivity (Wildman–Crippen MR) is 106 cm³/mol. The number of aryl methyl sites for hydroxylation is 2. The van der Waals surface area contributed by atoms with Gasteiger partial charge < -0.3 is 9.88 Å².